The number of carbonyl (C=O) groups excluding carboxylic acids is 4. The summed E-state index contributed by atoms with van der Waals surface area (Å²) >= 11 is 0. The monoisotopic (exact) mass is 471 g/mol. The first-order chi connectivity index (χ1) is 15.2. The zero-order valence-corrected chi connectivity index (χ0v) is 19.5. The molecular weight excluding hydrogens is 438 g/mol. The lowest BCUT2D eigenvalue weighted by molar-refractivity contribution is -0.153. The minimum atomic E-state index is -3.15. The van der Waals surface area contributed by atoms with Crippen LogP contribution in [-0.4, -0.2) is 84.8 Å². The molecule has 0 aromatic heterocycles. The molecule has 0 radical (unpaired) electrons. The van der Waals surface area contributed by atoms with Crippen molar-refractivity contribution in [1.29, 1.82) is 0 Å². The normalized spacial score (nSPS) is 23.9. The molecule has 10 nitrogen and oxygen atoms in total. The number of imide groups is 1. The molecule has 4 amide bonds. The Labute approximate surface area is 188 Å². The van der Waals surface area contributed by atoms with Crippen molar-refractivity contribution in [1.82, 2.24) is 15.1 Å². The minimum absolute atomic E-state index is 0.0563. The second-order valence-corrected chi connectivity index (χ2v) is 11.2. The summed E-state index contributed by atoms with van der Waals surface area (Å²) in [6, 6.07) is -0.885. The van der Waals surface area contributed by atoms with Crippen LogP contribution in [0.25, 0.3) is 0 Å². The van der Waals surface area contributed by atoms with E-state index in [9.17, 15) is 27.6 Å². The number of hydrogen-bond acceptors (Lipinski definition) is 7. The van der Waals surface area contributed by atoms with Crippen molar-refractivity contribution in [2.75, 3.05) is 31.2 Å². The lowest BCUT2D eigenvalue weighted by Crippen LogP contribution is -2.48. The van der Waals surface area contributed by atoms with Gasteiger partial charge in [-0.25, -0.2) is 13.2 Å². The second-order valence-electron chi connectivity index (χ2n) is 8.94. The second kappa shape index (κ2) is 10.2. The van der Waals surface area contributed by atoms with Gasteiger partial charge in [-0.1, -0.05) is 32.6 Å². The number of nitrogens with zero attached hydrogens (tertiary/aromatic N) is 2. The average Bonchev–Trinajstić information content (AvgIpc) is 3.22. The third kappa shape index (κ3) is 5.60. The van der Waals surface area contributed by atoms with Crippen molar-refractivity contribution < 1.29 is 32.3 Å². The van der Waals surface area contributed by atoms with Crippen LogP contribution in [0.2, 0.25) is 0 Å². The van der Waals surface area contributed by atoms with Crippen LogP contribution in [0, 0.1) is 0 Å². The average molecular weight is 472 g/mol. The molecule has 11 heteroatoms. The maximum Gasteiger partial charge on any atom is 0.325 e. The highest BCUT2D eigenvalue weighted by atomic mass is 32.2. The number of nitrogens with one attached hydrogen (secondary N) is 1. The van der Waals surface area contributed by atoms with Crippen molar-refractivity contribution in [2.24, 2.45) is 0 Å². The Kier molecular flexibility index (Phi) is 7.79. The molecule has 2 heterocycles. The van der Waals surface area contributed by atoms with E-state index in [0.29, 0.717) is 25.8 Å². The molecular formula is C21H33N3O7S. The summed E-state index contributed by atoms with van der Waals surface area (Å²) in [6.07, 6.45) is 5.76. The van der Waals surface area contributed by atoms with E-state index in [-0.39, 0.29) is 30.4 Å². The molecule has 2 aliphatic heterocycles. The van der Waals surface area contributed by atoms with Crippen molar-refractivity contribution in [2.45, 2.75) is 76.3 Å². The van der Waals surface area contributed by atoms with Gasteiger partial charge in [-0.05, 0) is 25.7 Å². The molecule has 1 spiro atoms. The highest BCUT2D eigenvalue weighted by Gasteiger charge is 2.51. The Hall–Kier alpha value is -2.17. The summed E-state index contributed by atoms with van der Waals surface area (Å²) < 4.78 is 28.7. The highest BCUT2D eigenvalue weighted by molar-refractivity contribution is 7.91. The smallest absolute Gasteiger partial charge is 0.325 e. The number of unbranched alkanes of at least 4 members (excludes halogenated alkanes) is 1. The molecule has 1 N–H and O–H groups in total. The van der Waals surface area contributed by atoms with E-state index >= 15 is 0 Å². The number of urea groups is 1. The predicted octanol–water partition coefficient (Wildman–Crippen LogP) is 0.990. The van der Waals surface area contributed by atoms with Crippen LogP contribution in [0.4, 0.5) is 4.79 Å². The van der Waals surface area contributed by atoms with E-state index in [1.165, 1.54) is 4.90 Å². The van der Waals surface area contributed by atoms with Gasteiger partial charge in [-0.15, -0.1) is 0 Å². The van der Waals surface area contributed by atoms with Crippen LogP contribution in [-0.2, 0) is 29.0 Å². The van der Waals surface area contributed by atoms with Gasteiger partial charge in [0.2, 0.25) is 0 Å². The summed E-state index contributed by atoms with van der Waals surface area (Å²) in [6.45, 7) is 1.81. The number of rotatable bonds is 9. The fourth-order valence-corrected chi connectivity index (χ4v) is 6.47. The zero-order valence-electron chi connectivity index (χ0n) is 18.6. The van der Waals surface area contributed by atoms with E-state index in [0.717, 1.165) is 37.0 Å². The Bertz CT molecular complexity index is 851. The van der Waals surface area contributed by atoms with Crippen LogP contribution in [0.1, 0.15) is 64.7 Å². The summed E-state index contributed by atoms with van der Waals surface area (Å²) in [5.74, 6) is -1.41. The van der Waals surface area contributed by atoms with E-state index in [1.807, 2.05) is 6.92 Å². The molecule has 0 bridgehead atoms. The van der Waals surface area contributed by atoms with Gasteiger partial charge in [0.15, 0.2) is 16.4 Å². The minimum Gasteiger partial charge on any atom is -0.456 e. The van der Waals surface area contributed by atoms with E-state index < -0.39 is 45.9 Å². The molecule has 3 aliphatic rings. The molecule has 180 valence electrons. The summed E-state index contributed by atoms with van der Waals surface area (Å²) in [7, 11) is -3.15. The molecule has 32 heavy (non-hydrogen) atoms. The molecule has 1 atom stereocenters. The fraction of sp³-hybridized carbons (Fsp3) is 0.810. The predicted molar refractivity (Wildman–Crippen MR) is 115 cm³/mol. The maximum absolute atomic E-state index is 12.7. The lowest BCUT2D eigenvalue weighted by atomic mass is 9.82. The molecule has 0 aromatic carbocycles. The molecule has 1 saturated carbocycles. The van der Waals surface area contributed by atoms with Crippen LogP contribution in [0.3, 0.4) is 0 Å². The number of amides is 4. The molecule has 3 fully saturated rings. The van der Waals surface area contributed by atoms with Gasteiger partial charge < -0.3 is 15.0 Å². The number of ether oxygens (including phenoxy) is 1. The summed E-state index contributed by atoms with van der Waals surface area (Å²) in [4.78, 5) is 52.4. The van der Waals surface area contributed by atoms with Crippen LogP contribution in [0.5, 0.6) is 0 Å². The van der Waals surface area contributed by atoms with Crippen molar-refractivity contribution in [3.8, 4) is 0 Å². The topological polar surface area (TPSA) is 130 Å². The Morgan fingerprint density at radius 2 is 1.94 bits per heavy atom. The van der Waals surface area contributed by atoms with Crippen LogP contribution in [0.15, 0.2) is 0 Å². The SMILES string of the molecule is CCCCN(C(=O)COC(=O)CCN1C(=O)NC2(CCCCC2)C1=O)C1CCS(=O)(=O)C1. The van der Waals surface area contributed by atoms with Gasteiger partial charge in [0.25, 0.3) is 11.8 Å². The maximum atomic E-state index is 12.7. The summed E-state index contributed by atoms with van der Waals surface area (Å²) in [5.41, 5.74) is -0.837. The quantitative estimate of drug-likeness (QED) is 0.392. The summed E-state index contributed by atoms with van der Waals surface area (Å²) in [5, 5.41) is 2.79. The lowest BCUT2D eigenvalue weighted by Gasteiger charge is -2.30. The third-order valence-electron chi connectivity index (χ3n) is 6.57. The van der Waals surface area contributed by atoms with Crippen molar-refractivity contribution in [3.05, 3.63) is 0 Å². The van der Waals surface area contributed by atoms with Gasteiger partial charge in [0.1, 0.15) is 5.54 Å². The Morgan fingerprint density at radius 3 is 2.56 bits per heavy atom. The Balaban J connectivity index is 1.48. The van der Waals surface area contributed by atoms with E-state index in [4.69, 9.17) is 4.74 Å². The fourth-order valence-electron chi connectivity index (χ4n) is 4.73. The first-order valence-corrected chi connectivity index (χ1v) is 13.3. The van der Waals surface area contributed by atoms with Crippen molar-refractivity contribution in [3.63, 3.8) is 0 Å². The van der Waals surface area contributed by atoms with Gasteiger partial charge in [0.05, 0.1) is 17.9 Å². The van der Waals surface area contributed by atoms with Gasteiger partial charge in [-0.3, -0.25) is 19.3 Å². The largest absolute Gasteiger partial charge is 0.456 e. The van der Waals surface area contributed by atoms with Gasteiger partial charge in [0, 0.05) is 19.1 Å². The highest BCUT2D eigenvalue weighted by Crippen LogP contribution is 2.33. The standard InChI is InChI=1S/C21H33N3O7S/c1-2-3-11-23(16-8-13-32(29,30)15-16)17(25)14-31-18(26)7-12-24-19(27)21(22-20(24)28)9-5-4-6-10-21/h16H,2-15H2,1H3,(H,22,28). The molecule has 1 unspecified atom stereocenters. The third-order valence-corrected chi connectivity index (χ3v) is 8.32. The Morgan fingerprint density at radius 1 is 1.22 bits per heavy atom. The van der Waals surface area contributed by atoms with Crippen LogP contribution < -0.4 is 5.32 Å². The molecule has 0 aromatic rings. The number of carbonyl (C=O) groups is 4. The molecule has 3 rings (SSSR count). The number of esters is 1. The molecule has 2 saturated heterocycles. The van der Waals surface area contributed by atoms with Gasteiger partial charge >= 0.3 is 12.0 Å². The zero-order chi connectivity index (χ0) is 23.4. The van der Waals surface area contributed by atoms with Gasteiger partial charge in [-0.2, -0.15) is 0 Å². The molecule has 1 aliphatic carbocycles. The van der Waals surface area contributed by atoms with E-state index in [1.54, 1.807) is 0 Å². The van der Waals surface area contributed by atoms with Crippen molar-refractivity contribution >= 4 is 33.7 Å². The number of sulfone groups is 1. The van der Waals surface area contributed by atoms with E-state index in [2.05, 4.69) is 5.32 Å². The first-order valence-electron chi connectivity index (χ1n) is 11.5. The van der Waals surface area contributed by atoms with Crippen LogP contribution >= 0.6 is 0 Å². The first kappa shape index (κ1) is 24.5. The number of hydrogen-bond donors (Lipinski definition) is 1.